The Morgan fingerprint density at radius 3 is 2.55 bits per heavy atom. The number of nitrogens with one attached hydrogen (secondary N) is 3. The highest BCUT2D eigenvalue weighted by Gasteiger charge is 2.27. The average molecular weight is 457 g/mol. The normalized spacial score (nSPS) is 15.6. The number of aromatic nitrogens is 2. The Balaban J connectivity index is 1.65. The number of halogens is 2. The fraction of sp³-hybridized carbons (Fsp3) is 0.389. The smallest absolute Gasteiger partial charge is 0.387 e. The molecule has 2 aromatic rings. The molecule has 3 rings (SSSR count). The molecular formula is C18H21F2N5O5S. The number of sulfonamides is 1. The molecule has 2 amide bonds. The van der Waals surface area contributed by atoms with Crippen LogP contribution in [0.15, 0.2) is 30.5 Å². The highest BCUT2D eigenvalue weighted by molar-refractivity contribution is 7.88. The van der Waals surface area contributed by atoms with E-state index in [1.807, 2.05) is 0 Å². The molecule has 10 nitrogen and oxygen atoms in total. The molecule has 31 heavy (non-hydrogen) atoms. The van der Waals surface area contributed by atoms with E-state index in [9.17, 15) is 26.8 Å². The van der Waals surface area contributed by atoms with Crippen molar-refractivity contribution < 1.29 is 31.5 Å². The molecular weight excluding hydrogens is 436 g/mol. The van der Waals surface area contributed by atoms with Crippen LogP contribution in [0.5, 0.6) is 5.75 Å². The monoisotopic (exact) mass is 457 g/mol. The number of alkyl halides is 2. The van der Waals surface area contributed by atoms with Crippen LogP contribution in [-0.2, 0) is 10.0 Å². The fourth-order valence-corrected chi connectivity index (χ4v) is 4.06. The van der Waals surface area contributed by atoms with Gasteiger partial charge in [0.1, 0.15) is 11.4 Å². The lowest BCUT2D eigenvalue weighted by Gasteiger charge is -2.30. The summed E-state index contributed by atoms with van der Waals surface area (Å²) in [4.78, 5) is 25.2. The van der Waals surface area contributed by atoms with E-state index in [0.717, 1.165) is 6.26 Å². The molecule has 1 aliphatic rings. The lowest BCUT2D eigenvalue weighted by Crippen LogP contribution is -2.46. The number of hydrogen-bond donors (Lipinski definition) is 3. The molecule has 0 bridgehead atoms. The van der Waals surface area contributed by atoms with E-state index in [2.05, 4.69) is 25.6 Å². The molecule has 3 N–H and O–H groups in total. The summed E-state index contributed by atoms with van der Waals surface area (Å²) < 4.78 is 54.0. The number of benzene rings is 1. The molecule has 1 aliphatic heterocycles. The van der Waals surface area contributed by atoms with E-state index < -0.39 is 28.4 Å². The van der Waals surface area contributed by atoms with Crippen molar-refractivity contribution in [2.75, 3.05) is 24.7 Å². The molecule has 0 aliphatic carbocycles. The number of H-pyrrole nitrogens is 1. The number of rotatable bonds is 7. The van der Waals surface area contributed by atoms with Crippen LogP contribution < -0.4 is 15.4 Å². The number of aromatic amines is 1. The number of anilines is 1. The van der Waals surface area contributed by atoms with Gasteiger partial charge >= 0.3 is 6.61 Å². The van der Waals surface area contributed by atoms with Crippen molar-refractivity contribution in [1.29, 1.82) is 0 Å². The summed E-state index contributed by atoms with van der Waals surface area (Å²) in [6.07, 6.45) is 3.23. The van der Waals surface area contributed by atoms with E-state index in [1.165, 1.54) is 34.8 Å². The highest BCUT2D eigenvalue weighted by atomic mass is 32.2. The Bertz CT molecular complexity index is 1050. The van der Waals surface area contributed by atoms with Crippen molar-refractivity contribution >= 4 is 27.5 Å². The summed E-state index contributed by atoms with van der Waals surface area (Å²) in [5, 5.41) is 11.5. The highest BCUT2D eigenvalue weighted by Crippen LogP contribution is 2.22. The van der Waals surface area contributed by atoms with Gasteiger partial charge in [0.25, 0.3) is 11.8 Å². The number of ether oxygens (including phenoxy) is 1. The van der Waals surface area contributed by atoms with Crippen LogP contribution in [0.2, 0.25) is 0 Å². The summed E-state index contributed by atoms with van der Waals surface area (Å²) in [6.45, 7) is -2.52. The predicted molar refractivity (Wildman–Crippen MR) is 107 cm³/mol. The molecule has 1 aromatic carbocycles. The van der Waals surface area contributed by atoms with Gasteiger partial charge in [-0.05, 0) is 25.0 Å². The van der Waals surface area contributed by atoms with Crippen molar-refractivity contribution in [2.45, 2.75) is 25.5 Å². The van der Waals surface area contributed by atoms with Gasteiger partial charge in [0.15, 0.2) is 0 Å². The van der Waals surface area contributed by atoms with E-state index in [-0.39, 0.29) is 41.8 Å². The zero-order valence-corrected chi connectivity index (χ0v) is 17.3. The predicted octanol–water partition coefficient (Wildman–Crippen LogP) is 1.42. The second-order valence-corrected chi connectivity index (χ2v) is 8.88. The Morgan fingerprint density at radius 1 is 1.23 bits per heavy atom. The molecule has 1 aromatic heterocycles. The van der Waals surface area contributed by atoms with E-state index in [1.54, 1.807) is 0 Å². The van der Waals surface area contributed by atoms with E-state index in [4.69, 9.17) is 0 Å². The molecule has 0 unspecified atom stereocenters. The molecule has 1 fully saturated rings. The molecule has 2 heterocycles. The number of amides is 2. The third kappa shape index (κ3) is 5.76. The molecule has 1 saturated heterocycles. The lowest BCUT2D eigenvalue weighted by molar-refractivity contribution is -0.0501. The standard InChI is InChI=1S/C18H21F2N5O5S/c1-31(28,29)25-8-6-11(7-9-25)22-17(27)15-13(10-21-24-15)23-16(26)12-4-2-3-5-14(12)30-18(19)20/h2-5,10-11,18H,6-9H2,1H3,(H,21,24)(H,22,27)(H,23,26). The van der Waals surface area contributed by atoms with Gasteiger partial charge in [-0.2, -0.15) is 13.9 Å². The van der Waals surface area contributed by atoms with Crippen molar-refractivity contribution in [3.63, 3.8) is 0 Å². The summed E-state index contributed by atoms with van der Waals surface area (Å²) in [5.41, 5.74) is -0.0995. The van der Waals surface area contributed by atoms with Crippen LogP contribution in [0.1, 0.15) is 33.7 Å². The van der Waals surface area contributed by atoms with Gasteiger partial charge in [0, 0.05) is 19.1 Å². The number of piperidine rings is 1. The van der Waals surface area contributed by atoms with Crippen LogP contribution in [-0.4, -0.2) is 66.7 Å². The van der Waals surface area contributed by atoms with Crippen molar-refractivity contribution in [3.05, 3.63) is 41.7 Å². The van der Waals surface area contributed by atoms with Crippen LogP contribution >= 0.6 is 0 Å². The minimum Gasteiger partial charge on any atom is -0.434 e. The largest absolute Gasteiger partial charge is 0.434 e. The SMILES string of the molecule is CS(=O)(=O)N1CCC(NC(=O)c2[nH]ncc2NC(=O)c2ccccc2OC(F)F)CC1. The Kier molecular flexibility index (Phi) is 6.85. The molecule has 168 valence electrons. The van der Waals surface area contributed by atoms with Crippen LogP contribution in [0.4, 0.5) is 14.5 Å². The van der Waals surface area contributed by atoms with Crippen molar-refractivity contribution in [2.24, 2.45) is 0 Å². The van der Waals surface area contributed by atoms with Gasteiger partial charge < -0.3 is 15.4 Å². The van der Waals surface area contributed by atoms with Crippen molar-refractivity contribution in [1.82, 2.24) is 19.8 Å². The van der Waals surface area contributed by atoms with E-state index >= 15 is 0 Å². The number of nitrogens with zero attached hydrogens (tertiary/aromatic N) is 2. The van der Waals surface area contributed by atoms with E-state index in [0.29, 0.717) is 12.8 Å². The van der Waals surface area contributed by atoms with Gasteiger partial charge in [-0.3, -0.25) is 14.7 Å². The Morgan fingerprint density at radius 2 is 1.90 bits per heavy atom. The minimum atomic E-state index is -3.28. The minimum absolute atomic E-state index is 0.0221. The lowest BCUT2D eigenvalue weighted by atomic mass is 10.1. The van der Waals surface area contributed by atoms with Gasteiger partial charge in [0.2, 0.25) is 10.0 Å². The topological polar surface area (TPSA) is 133 Å². The molecule has 0 radical (unpaired) electrons. The number of carbonyl (C=O) groups is 2. The van der Waals surface area contributed by atoms with Gasteiger partial charge in [-0.25, -0.2) is 12.7 Å². The molecule has 0 spiro atoms. The summed E-state index contributed by atoms with van der Waals surface area (Å²) in [7, 11) is -3.28. The Labute approximate surface area is 177 Å². The average Bonchev–Trinajstić information content (AvgIpc) is 3.16. The molecule has 0 saturated carbocycles. The first-order chi connectivity index (χ1) is 14.6. The molecule has 13 heteroatoms. The fourth-order valence-electron chi connectivity index (χ4n) is 3.19. The third-order valence-corrected chi connectivity index (χ3v) is 6.02. The Hall–Kier alpha value is -3.06. The zero-order chi connectivity index (χ0) is 22.6. The zero-order valence-electron chi connectivity index (χ0n) is 16.5. The first kappa shape index (κ1) is 22.6. The first-order valence-electron chi connectivity index (χ1n) is 9.29. The van der Waals surface area contributed by atoms with Crippen molar-refractivity contribution in [3.8, 4) is 5.75 Å². The second kappa shape index (κ2) is 9.39. The first-order valence-corrected chi connectivity index (χ1v) is 11.1. The number of hydrogen-bond acceptors (Lipinski definition) is 6. The maximum Gasteiger partial charge on any atom is 0.387 e. The van der Waals surface area contributed by atoms with Gasteiger partial charge in [-0.15, -0.1) is 0 Å². The van der Waals surface area contributed by atoms with Crippen LogP contribution in [0, 0.1) is 0 Å². The third-order valence-electron chi connectivity index (χ3n) is 4.72. The maximum absolute atomic E-state index is 12.6. The molecule has 0 atom stereocenters. The van der Waals surface area contributed by atoms with Gasteiger partial charge in [0.05, 0.1) is 23.7 Å². The summed E-state index contributed by atoms with van der Waals surface area (Å²) >= 11 is 0. The van der Waals surface area contributed by atoms with Crippen LogP contribution in [0.25, 0.3) is 0 Å². The quantitative estimate of drug-likeness (QED) is 0.576. The maximum atomic E-state index is 12.6. The second-order valence-electron chi connectivity index (χ2n) is 6.90. The van der Waals surface area contributed by atoms with Gasteiger partial charge in [-0.1, -0.05) is 12.1 Å². The number of para-hydroxylation sites is 1. The summed E-state index contributed by atoms with van der Waals surface area (Å²) in [5.74, 6) is -1.60. The number of carbonyl (C=O) groups excluding carboxylic acids is 2. The van der Waals surface area contributed by atoms with Crippen LogP contribution in [0.3, 0.4) is 0 Å². The summed E-state index contributed by atoms with van der Waals surface area (Å²) in [6, 6.07) is 5.21.